The van der Waals surface area contributed by atoms with Gasteiger partial charge in [-0.15, -0.1) is 0 Å². The van der Waals surface area contributed by atoms with Gasteiger partial charge in [0, 0.05) is 31.7 Å². The number of ether oxygens (including phenoxy) is 2. The van der Waals surface area contributed by atoms with Crippen molar-refractivity contribution in [3.63, 3.8) is 0 Å². The van der Waals surface area contributed by atoms with E-state index in [2.05, 4.69) is 22.5 Å². The highest BCUT2D eigenvalue weighted by molar-refractivity contribution is 4.75. The van der Waals surface area contributed by atoms with Crippen molar-refractivity contribution in [2.24, 2.45) is 0 Å². The summed E-state index contributed by atoms with van der Waals surface area (Å²) in [6.07, 6.45) is 2.37. The van der Waals surface area contributed by atoms with Gasteiger partial charge in [0.1, 0.15) is 0 Å². The first-order valence-electron chi connectivity index (χ1n) is 7.69. The summed E-state index contributed by atoms with van der Waals surface area (Å²) >= 11 is 0. The van der Waals surface area contributed by atoms with Crippen molar-refractivity contribution < 1.29 is 9.47 Å². The third-order valence-corrected chi connectivity index (χ3v) is 3.88. The van der Waals surface area contributed by atoms with Gasteiger partial charge in [-0.05, 0) is 32.9 Å². The van der Waals surface area contributed by atoms with Crippen LogP contribution in [0.5, 0.6) is 0 Å². The SMILES string of the molecule is CC(CC1COCCN1)NCCCN1CCOCC1. The third kappa shape index (κ3) is 6.19. The van der Waals surface area contributed by atoms with Gasteiger partial charge in [-0.3, -0.25) is 4.90 Å². The molecule has 19 heavy (non-hydrogen) atoms. The molecule has 2 aliphatic heterocycles. The Morgan fingerprint density at radius 1 is 1.26 bits per heavy atom. The minimum atomic E-state index is 0.524. The molecular weight excluding hydrogens is 242 g/mol. The molecule has 2 rings (SSSR count). The molecule has 0 saturated carbocycles. The van der Waals surface area contributed by atoms with Crippen LogP contribution in [0.25, 0.3) is 0 Å². The topological polar surface area (TPSA) is 45.8 Å². The molecule has 2 unspecified atom stereocenters. The van der Waals surface area contributed by atoms with Gasteiger partial charge in [0.2, 0.25) is 0 Å². The van der Waals surface area contributed by atoms with E-state index in [9.17, 15) is 0 Å². The van der Waals surface area contributed by atoms with E-state index in [1.807, 2.05) is 0 Å². The van der Waals surface area contributed by atoms with Gasteiger partial charge in [0.15, 0.2) is 0 Å². The Morgan fingerprint density at radius 2 is 2.11 bits per heavy atom. The van der Waals surface area contributed by atoms with Crippen molar-refractivity contribution in [2.75, 3.05) is 59.2 Å². The van der Waals surface area contributed by atoms with Crippen molar-refractivity contribution in [2.45, 2.75) is 31.8 Å². The maximum Gasteiger partial charge on any atom is 0.0620 e. The van der Waals surface area contributed by atoms with Crippen LogP contribution in [0.15, 0.2) is 0 Å². The van der Waals surface area contributed by atoms with Crippen LogP contribution in [-0.4, -0.2) is 76.1 Å². The van der Waals surface area contributed by atoms with E-state index in [0.717, 1.165) is 59.0 Å². The highest BCUT2D eigenvalue weighted by Crippen LogP contribution is 2.03. The van der Waals surface area contributed by atoms with Crippen LogP contribution >= 0.6 is 0 Å². The summed E-state index contributed by atoms with van der Waals surface area (Å²) in [5.41, 5.74) is 0. The fourth-order valence-electron chi connectivity index (χ4n) is 2.76. The van der Waals surface area contributed by atoms with Gasteiger partial charge in [-0.2, -0.15) is 0 Å². The zero-order valence-electron chi connectivity index (χ0n) is 12.2. The molecule has 0 aromatic carbocycles. The zero-order valence-corrected chi connectivity index (χ0v) is 12.2. The average molecular weight is 271 g/mol. The maximum atomic E-state index is 5.48. The molecule has 2 aliphatic rings. The molecule has 2 atom stereocenters. The Bertz CT molecular complexity index is 229. The summed E-state index contributed by atoms with van der Waals surface area (Å²) in [4.78, 5) is 2.49. The molecule has 5 nitrogen and oxygen atoms in total. The zero-order chi connectivity index (χ0) is 13.3. The average Bonchev–Trinajstić information content (AvgIpc) is 2.46. The van der Waals surface area contributed by atoms with Gasteiger partial charge >= 0.3 is 0 Å². The first kappa shape index (κ1) is 15.2. The Kier molecular flexibility index (Phi) is 7.09. The van der Waals surface area contributed by atoms with E-state index >= 15 is 0 Å². The number of nitrogens with one attached hydrogen (secondary N) is 2. The molecule has 0 spiro atoms. The van der Waals surface area contributed by atoms with Crippen LogP contribution < -0.4 is 10.6 Å². The van der Waals surface area contributed by atoms with Crippen LogP contribution in [0.4, 0.5) is 0 Å². The second kappa shape index (κ2) is 8.87. The molecule has 0 aliphatic carbocycles. The van der Waals surface area contributed by atoms with Gasteiger partial charge in [-0.1, -0.05) is 0 Å². The summed E-state index contributed by atoms with van der Waals surface area (Å²) in [5.74, 6) is 0. The predicted octanol–water partition coefficient (Wildman–Crippen LogP) is 0.0653. The molecule has 0 radical (unpaired) electrons. The van der Waals surface area contributed by atoms with E-state index in [4.69, 9.17) is 9.47 Å². The second-order valence-electron chi connectivity index (χ2n) is 5.62. The number of rotatable bonds is 7. The van der Waals surface area contributed by atoms with E-state index in [-0.39, 0.29) is 0 Å². The van der Waals surface area contributed by atoms with E-state index in [1.165, 1.54) is 13.0 Å². The third-order valence-electron chi connectivity index (χ3n) is 3.88. The Labute approximate surface area is 117 Å². The summed E-state index contributed by atoms with van der Waals surface area (Å²) in [7, 11) is 0. The van der Waals surface area contributed by atoms with Gasteiger partial charge < -0.3 is 20.1 Å². The highest BCUT2D eigenvalue weighted by atomic mass is 16.5. The molecule has 2 N–H and O–H groups in total. The molecule has 0 aromatic heterocycles. The van der Waals surface area contributed by atoms with Gasteiger partial charge in [0.25, 0.3) is 0 Å². The van der Waals surface area contributed by atoms with Crippen LogP contribution in [0.3, 0.4) is 0 Å². The quantitative estimate of drug-likeness (QED) is 0.642. The Hall–Kier alpha value is -0.200. The van der Waals surface area contributed by atoms with E-state index in [0.29, 0.717) is 12.1 Å². The standard InChI is InChI=1S/C14H29N3O2/c1-13(11-14-12-19-8-4-16-14)15-3-2-5-17-6-9-18-10-7-17/h13-16H,2-12H2,1H3. The van der Waals surface area contributed by atoms with Crippen molar-refractivity contribution in [1.82, 2.24) is 15.5 Å². The largest absolute Gasteiger partial charge is 0.379 e. The van der Waals surface area contributed by atoms with Crippen molar-refractivity contribution in [3.8, 4) is 0 Å². The lowest BCUT2D eigenvalue weighted by Gasteiger charge is -2.28. The van der Waals surface area contributed by atoms with Crippen molar-refractivity contribution in [3.05, 3.63) is 0 Å². The number of hydrogen-bond donors (Lipinski definition) is 2. The second-order valence-corrected chi connectivity index (χ2v) is 5.62. The summed E-state index contributed by atoms with van der Waals surface area (Å²) in [6.45, 7) is 11.3. The van der Waals surface area contributed by atoms with Crippen molar-refractivity contribution in [1.29, 1.82) is 0 Å². The molecule has 0 aromatic rings. The molecule has 2 saturated heterocycles. The monoisotopic (exact) mass is 271 g/mol. The number of morpholine rings is 2. The lowest BCUT2D eigenvalue weighted by molar-refractivity contribution is 0.0373. The highest BCUT2D eigenvalue weighted by Gasteiger charge is 2.16. The molecule has 5 heteroatoms. The maximum absolute atomic E-state index is 5.48. The number of nitrogens with zero attached hydrogens (tertiary/aromatic N) is 1. The number of hydrogen-bond acceptors (Lipinski definition) is 5. The molecular formula is C14H29N3O2. The lowest BCUT2D eigenvalue weighted by Crippen LogP contribution is -2.45. The summed E-state index contributed by atoms with van der Waals surface area (Å²) in [5, 5.41) is 7.12. The smallest absolute Gasteiger partial charge is 0.0620 e. The summed E-state index contributed by atoms with van der Waals surface area (Å²) in [6, 6.07) is 1.08. The molecule has 0 amide bonds. The Balaban J connectivity index is 1.47. The molecule has 2 heterocycles. The van der Waals surface area contributed by atoms with Crippen molar-refractivity contribution >= 4 is 0 Å². The minimum Gasteiger partial charge on any atom is -0.379 e. The van der Waals surface area contributed by atoms with Crippen LogP contribution in [0.1, 0.15) is 19.8 Å². The fourth-order valence-corrected chi connectivity index (χ4v) is 2.76. The minimum absolute atomic E-state index is 0.524. The van der Waals surface area contributed by atoms with Crippen LogP contribution in [0, 0.1) is 0 Å². The molecule has 112 valence electrons. The van der Waals surface area contributed by atoms with E-state index < -0.39 is 0 Å². The van der Waals surface area contributed by atoms with Crippen LogP contribution in [-0.2, 0) is 9.47 Å². The lowest BCUT2D eigenvalue weighted by atomic mass is 10.1. The molecule has 0 bridgehead atoms. The Morgan fingerprint density at radius 3 is 2.84 bits per heavy atom. The van der Waals surface area contributed by atoms with Gasteiger partial charge in [0.05, 0.1) is 26.4 Å². The predicted molar refractivity (Wildman–Crippen MR) is 76.6 cm³/mol. The normalized spacial score (nSPS) is 27.3. The fraction of sp³-hybridized carbons (Fsp3) is 1.00. The van der Waals surface area contributed by atoms with Gasteiger partial charge in [-0.25, -0.2) is 0 Å². The van der Waals surface area contributed by atoms with E-state index in [1.54, 1.807) is 0 Å². The molecule has 2 fully saturated rings. The van der Waals surface area contributed by atoms with Crippen LogP contribution in [0.2, 0.25) is 0 Å². The first-order chi connectivity index (χ1) is 9.34. The first-order valence-corrected chi connectivity index (χ1v) is 7.69. The summed E-state index contributed by atoms with van der Waals surface area (Å²) < 4.78 is 10.8.